The van der Waals surface area contributed by atoms with E-state index in [1.54, 1.807) is 19.4 Å². The number of aryl methyl sites for hydroxylation is 1. The number of imidazole rings is 1. The molecule has 0 unspecified atom stereocenters. The number of nitrogens with one attached hydrogen (secondary N) is 1. The lowest BCUT2D eigenvalue weighted by Crippen LogP contribution is -2.53. The highest BCUT2D eigenvalue weighted by atomic mass is 16.5. The highest BCUT2D eigenvalue weighted by molar-refractivity contribution is 5.90. The van der Waals surface area contributed by atoms with Gasteiger partial charge in [0.1, 0.15) is 17.2 Å². The van der Waals surface area contributed by atoms with Crippen molar-refractivity contribution in [3.63, 3.8) is 0 Å². The van der Waals surface area contributed by atoms with E-state index in [4.69, 9.17) is 4.74 Å². The number of urea groups is 1. The molecule has 2 aliphatic heterocycles. The minimum absolute atomic E-state index is 0.0149. The zero-order valence-electron chi connectivity index (χ0n) is 15.1. The van der Waals surface area contributed by atoms with Gasteiger partial charge in [0.25, 0.3) is 0 Å². The lowest BCUT2D eigenvalue weighted by atomic mass is 9.85. The molecule has 7 nitrogen and oxygen atoms in total. The number of aliphatic hydroxyl groups is 1. The first-order valence-corrected chi connectivity index (χ1v) is 8.94. The summed E-state index contributed by atoms with van der Waals surface area (Å²) < 4.78 is 7.08. The maximum Gasteiger partial charge on any atom is 0.322 e. The number of hydrogen-bond acceptors (Lipinski definition) is 4. The Hall–Kier alpha value is -2.54. The van der Waals surface area contributed by atoms with Gasteiger partial charge >= 0.3 is 6.03 Å². The molecule has 0 radical (unpaired) electrons. The average molecular weight is 356 g/mol. The molecule has 7 heteroatoms. The second-order valence-electron chi connectivity index (χ2n) is 7.26. The standard InChI is InChI=1S/C19H24N4O3/c1-22-9-8-20-17(22)19(25)11-14-6-7-15(12-19)23(14)18(24)21-13-4-3-5-16(10-13)26-2/h3-5,8-10,14-15,25H,6-7,11-12H2,1-2H3,(H,21,24)/t14-,15-/m0/s1. The van der Waals surface area contributed by atoms with Gasteiger partial charge in [-0.2, -0.15) is 0 Å². The van der Waals surface area contributed by atoms with Crippen LogP contribution in [0.25, 0.3) is 0 Å². The van der Waals surface area contributed by atoms with Crippen LogP contribution in [-0.2, 0) is 12.6 Å². The number of hydrogen-bond donors (Lipinski definition) is 2. The van der Waals surface area contributed by atoms with Crippen LogP contribution in [0.4, 0.5) is 10.5 Å². The third-order valence-electron chi connectivity index (χ3n) is 5.56. The summed E-state index contributed by atoms with van der Waals surface area (Å²) in [6.45, 7) is 0. The van der Waals surface area contributed by atoms with E-state index in [1.165, 1.54) is 0 Å². The van der Waals surface area contributed by atoms with Gasteiger partial charge in [-0.15, -0.1) is 0 Å². The third-order valence-corrected chi connectivity index (χ3v) is 5.56. The fourth-order valence-electron chi connectivity index (χ4n) is 4.44. The van der Waals surface area contributed by atoms with E-state index in [-0.39, 0.29) is 18.1 Å². The molecule has 2 fully saturated rings. The van der Waals surface area contributed by atoms with Crippen LogP contribution < -0.4 is 10.1 Å². The predicted molar refractivity (Wildman–Crippen MR) is 97.0 cm³/mol. The molecule has 1 aromatic heterocycles. The van der Waals surface area contributed by atoms with Crippen molar-refractivity contribution in [2.24, 2.45) is 7.05 Å². The topological polar surface area (TPSA) is 79.6 Å². The van der Waals surface area contributed by atoms with Crippen LogP contribution >= 0.6 is 0 Å². The molecule has 2 aromatic rings. The molecule has 4 rings (SSSR count). The summed E-state index contributed by atoms with van der Waals surface area (Å²) in [5.74, 6) is 1.39. The summed E-state index contributed by atoms with van der Waals surface area (Å²) >= 11 is 0. The van der Waals surface area contributed by atoms with Gasteiger partial charge in [0, 0.05) is 56.1 Å². The molecule has 2 aliphatic rings. The van der Waals surface area contributed by atoms with Gasteiger partial charge in [-0.3, -0.25) is 0 Å². The number of aromatic nitrogens is 2. The molecule has 0 aliphatic carbocycles. The Morgan fingerprint density at radius 3 is 2.69 bits per heavy atom. The van der Waals surface area contributed by atoms with Crippen molar-refractivity contribution in [3.05, 3.63) is 42.5 Å². The predicted octanol–water partition coefficient (Wildman–Crippen LogP) is 2.48. The smallest absolute Gasteiger partial charge is 0.322 e. The van der Waals surface area contributed by atoms with Crippen molar-refractivity contribution in [1.29, 1.82) is 0 Å². The summed E-state index contributed by atoms with van der Waals surface area (Å²) in [6.07, 6.45) is 6.39. The van der Waals surface area contributed by atoms with Crippen LogP contribution in [0.2, 0.25) is 0 Å². The number of benzene rings is 1. The Morgan fingerprint density at radius 1 is 1.35 bits per heavy atom. The maximum absolute atomic E-state index is 12.9. The van der Waals surface area contributed by atoms with Crippen LogP contribution in [0.1, 0.15) is 31.5 Å². The quantitative estimate of drug-likeness (QED) is 0.885. The number of ether oxygens (including phenoxy) is 1. The minimum atomic E-state index is -0.975. The summed E-state index contributed by atoms with van der Waals surface area (Å²) in [4.78, 5) is 19.1. The van der Waals surface area contributed by atoms with Gasteiger partial charge in [-0.25, -0.2) is 9.78 Å². The molecule has 3 heterocycles. The van der Waals surface area contributed by atoms with E-state index in [0.717, 1.165) is 12.8 Å². The molecule has 2 N–H and O–H groups in total. The molecule has 0 spiro atoms. The van der Waals surface area contributed by atoms with E-state index in [0.29, 0.717) is 30.1 Å². The van der Waals surface area contributed by atoms with E-state index in [9.17, 15) is 9.90 Å². The van der Waals surface area contributed by atoms with E-state index >= 15 is 0 Å². The molecule has 138 valence electrons. The molecular formula is C19H24N4O3. The number of piperidine rings is 1. The number of anilines is 1. The fraction of sp³-hybridized carbons (Fsp3) is 0.474. The number of carbonyl (C=O) groups is 1. The number of rotatable bonds is 3. The van der Waals surface area contributed by atoms with Gasteiger partial charge in [-0.1, -0.05) is 6.07 Å². The third kappa shape index (κ3) is 2.82. The molecule has 2 bridgehead atoms. The van der Waals surface area contributed by atoms with Gasteiger partial charge < -0.3 is 24.6 Å². The number of fused-ring (bicyclic) bond motifs is 2. The number of nitrogens with zero attached hydrogens (tertiary/aromatic N) is 3. The van der Waals surface area contributed by atoms with Crippen molar-refractivity contribution in [3.8, 4) is 5.75 Å². The number of carbonyl (C=O) groups excluding carboxylic acids is 1. The fourth-order valence-corrected chi connectivity index (χ4v) is 4.44. The molecule has 2 amide bonds. The van der Waals surface area contributed by atoms with E-state index < -0.39 is 5.60 Å². The minimum Gasteiger partial charge on any atom is -0.497 e. The molecular weight excluding hydrogens is 332 g/mol. The first kappa shape index (κ1) is 16.9. The van der Waals surface area contributed by atoms with E-state index in [1.807, 2.05) is 40.9 Å². The van der Waals surface area contributed by atoms with Crippen LogP contribution in [0.15, 0.2) is 36.7 Å². The zero-order chi connectivity index (χ0) is 18.3. The molecule has 26 heavy (non-hydrogen) atoms. The molecule has 0 saturated carbocycles. The van der Waals surface area contributed by atoms with Crippen LogP contribution in [0, 0.1) is 0 Å². The van der Waals surface area contributed by atoms with Crippen LogP contribution in [-0.4, -0.2) is 44.8 Å². The molecule has 2 atom stereocenters. The van der Waals surface area contributed by atoms with Crippen molar-refractivity contribution in [1.82, 2.24) is 14.5 Å². The number of amides is 2. The largest absolute Gasteiger partial charge is 0.497 e. The summed E-state index contributed by atoms with van der Waals surface area (Å²) in [5.41, 5.74) is -0.268. The van der Waals surface area contributed by atoms with Crippen LogP contribution in [0.5, 0.6) is 5.75 Å². The molecule has 1 aromatic carbocycles. The Balaban J connectivity index is 1.51. The van der Waals surface area contributed by atoms with Crippen LogP contribution in [0.3, 0.4) is 0 Å². The van der Waals surface area contributed by atoms with Crippen molar-refractivity contribution in [2.75, 3.05) is 12.4 Å². The van der Waals surface area contributed by atoms with Gasteiger partial charge in [-0.05, 0) is 25.0 Å². The number of methoxy groups -OCH3 is 1. The lowest BCUT2D eigenvalue weighted by molar-refractivity contribution is -0.0505. The second kappa shape index (κ2) is 6.32. The summed E-state index contributed by atoms with van der Waals surface area (Å²) in [7, 11) is 3.49. The maximum atomic E-state index is 12.9. The summed E-state index contributed by atoms with van der Waals surface area (Å²) in [6, 6.07) is 7.24. The Kier molecular flexibility index (Phi) is 4.11. The van der Waals surface area contributed by atoms with Crippen molar-refractivity contribution in [2.45, 2.75) is 43.4 Å². The van der Waals surface area contributed by atoms with E-state index in [2.05, 4.69) is 10.3 Å². The monoisotopic (exact) mass is 356 g/mol. The highest BCUT2D eigenvalue weighted by Gasteiger charge is 2.51. The Labute approximate surface area is 152 Å². The van der Waals surface area contributed by atoms with Crippen molar-refractivity contribution >= 4 is 11.7 Å². The molecule has 2 saturated heterocycles. The normalized spacial score (nSPS) is 27.4. The first-order valence-electron chi connectivity index (χ1n) is 8.94. The first-order chi connectivity index (χ1) is 12.5. The Morgan fingerprint density at radius 2 is 2.08 bits per heavy atom. The van der Waals surface area contributed by atoms with Gasteiger partial charge in [0.2, 0.25) is 0 Å². The second-order valence-corrected chi connectivity index (χ2v) is 7.26. The van der Waals surface area contributed by atoms with Gasteiger partial charge in [0.05, 0.1) is 7.11 Å². The Bertz CT molecular complexity index is 805. The average Bonchev–Trinajstić information content (AvgIpc) is 3.17. The summed E-state index contributed by atoms with van der Waals surface area (Å²) in [5, 5.41) is 14.2. The SMILES string of the molecule is COc1cccc(NC(=O)N2[C@H]3CC[C@H]2CC(O)(c2nccn2C)C3)c1. The lowest BCUT2D eigenvalue weighted by Gasteiger charge is -2.43. The highest BCUT2D eigenvalue weighted by Crippen LogP contribution is 2.45. The van der Waals surface area contributed by atoms with Gasteiger partial charge in [0.15, 0.2) is 0 Å². The zero-order valence-corrected chi connectivity index (χ0v) is 15.1. The van der Waals surface area contributed by atoms with Crippen molar-refractivity contribution < 1.29 is 14.6 Å².